The maximum Gasteiger partial charge on any atom is 0.228 e. The van der Waals surface area contributed by atoms with E-state index < -0.39 is 0 Å². The lowest BCUT2D eigenvalue weighted by Gasteiger charge is -2.29. The van der Waals surface area contributed by atoms with Crippen molar-refractivity contribution in [2.24, 2.45) is 11.3 Å². The van der Waals surface area contributed by atoms with Gasteiger partial charge in [-0.05, 0) is 52.4 Å². The Morgan fingerprint density at radius 1 is 0.741 bits per heavy atom. The highest BCUT2D eigenvalue weighted by Gasteiger charge is 2.36. The molecule has 0 aromatic carbocycles. The summed E-state index contributed by atoms with van der Waals surface area (Å²) in [7, 11) is 0. The van der Waals surface area contributed by atoms with E-state index in [-0.39, 0.29) is 5.41 Å². The molecule has 160 valence electrons. The van der Waals surface area contributed by atoms with E-state index in [0.29, 0.717) is 29.8 Å². The summed E-state index contributed by atoms with van der Waals surface area (Å²) in [6.07, 6.45) is 7.03. The summed E-state index contributed by atoms with van der Waals surface area (Å²) in [5.74, 6) is 1.14. The number of amides is 2. The van der Waals surface area contributed by atoms with Crippen LogP contribution < -0.4 is 0 Å². The van der Waals surface area contributed by atoms with E-state index >= 15 is 0 Å². The fourth-order valence-electron chi connectivity index (χ4n) is 3.49. The first-order valence-corrected chi connectivity index (χ1v) is 11.3. The Bertz CT molecular complexity index is 438. The number of carbonyl (C=O) groups excluding carboxylic acids is 2. The molecule has 1 saturated carbocycles. The number of rotatable bonds is 1. The molecular formula is C23H46N2O2. The van der Waals surface area contributed by atoms with Crippen molar-refractivity contribution in [2.75, 3.05) is 13.1 Å². The van der Waals surface area contributed by atoms with Crippen molar-refractivity contribution >= 4 is 11.8 Å². The van der Waals surface area contributed by atoms with Crippen molar-refractivity contribution in [1.29, 1.82) is 0 Å². The smallest absolute Gasteiger partial charge is 0.228 e. The van der Waals surface area contributed by atoms with Gasteiger partial charge >= 0.3 is 0 Å². The van der Waals surface area contributed by atoms with E-state index in [1.807, 2.05) is 53.4 Å². The van der Waals surface area contributed by atoms with Gasteiger partial charge in [0.25, 0.3) is 0 Å². The molecule has 2 saturated heterocycles. The van der Waals surface area contributed by atoms with E-state index in [4.69, 9.17) is 0 Å². The average Bonchev–Trinajstić information content (AvgIpc) is 3.29. The molecule has 0 bridgehead atoms. The molecule has 0 aromatic heterocycles. The highest BCUT2D eigenvalue weighted by atomic mass is 16.2. The van der Waals surface area contributed by atoms with Crippen LogP contribution in [0.25, 0.3) is 0 Å². The molecule has 1 aliphatic carbocycles. The summed E-state index contributed by atoms with van der Waals surface area (Å²) in [5.41, 5.74) is -0.210. The Labute approximate surface area is 169 Å². The molecule has 0 aromatic rings. The molecule has 2 unspecified atom stereocenters. The second kappa shape index (κ2) is 12.4. The first kappa shape index (κ1) is 25.9. The van der Waals surface area contributed by atoms with Crippen LogP contribution >= 0.6 is 0 Å². The molecule has 2 atom stereocenters. The molecule has 27 heavy (non-hydrogen) atoms. The molecule has 0 radical (unpaired) electrons. The van der Waals surface area contributed by atoms with Crippen molar-refractivity contribution < 1.29 is 9.59 Å². The van der Waals surface area contributed by atoms with Gasteiger partial charge in [0.15, 0.2) is 0 Å². The van der Waals surface area contributed by atoms with Crippen LogP contribution in [0, 0.1) is 11.3 Å². The fraction of sp³-hybridized carbons (Fsp3) is 0.913. The lowest BCUT2D eigenvalue weighted by molar-refractivity contribution is -0.140. The minimum Gasteiger partial charge on any atom is -0.340 e. The van der Waals surface area contributed by atoms with Crippen molar-refractivity contribution in [1.82, 2.24) is 9.80 Å². The first-order valence-electron chi connectivity index (χ1n) is 11.3. The Hall–Kier alpha value is -1.06. The number of hydrogen-bond donors (Lipinski definition) is 0. The molecule has 4 heteroatoms. The van der Waals surface area contributed by atoms with E-state index in [2.05, 4.69) is 18.7 Å². The van der Waals surface area contributed by atoms with Crippen LogP contribution in [0.3, 0.4) is 0 Å². The van der Waals surface area contributed by atoms with Gasteiger partial charge in [0.1, 0.15) is 0 Å². The number of nitrogens with zero attached hydrogens (tertiary/aromatic N) is 2. The second-order valence-corrected chi connectivity index (χ2v) is 8.54. The fourth-order valence-corrected chi connectivity index (χ4v) is 3.49. The summed E-state index contributed by atoms with van der Waals surface area (Å²) < 4.78 is 0. The van der Waals surface area contributed by atoms with Gasteiger partial charge in [0.2, 0.25) is 11.8 Å². The summed E-state index contributed by atoms with van der Waals surface area (Å²) in [6, 6.07) is 0.972. The molecule has 0 N–H and O–H groups in total. The predicted octanol–water partition coefficient (Wildman–Crippen LogP) is 5.50. The quantitative estimate of drug-likeness (QED) is 0.600. The van der Waals surface area contributed by atoms with Gasteiger partial charge in [-0.1, -0.05) is 48.5 Å². The third kappa shape index (κ3) is 8.23. The van der Waals surface area contributed by atoms with Crippen LogP contribution in [-0.2, 0) is 9.59 Å². The lowest BCUT2D eigenvalue weighted by Crippen LogP contribution is -2.41. The monoisotopic (exact) mass is 382 g/mol. The van der Waals surface area contributed by atoms with Crippen LogP contribution in [0.15, 0.2) is 0 Å². The number of likely N-dealkylation sites (tertiary alicyclic amines) is 2. The Morgan fingerprint density at radius 3 is 1.44 bits per heavy atom. The van der Waals surface area contributed by atoms with E-state index in [9.17, 15) is 9.59 Å². The standard InChI is InChI=1S/C10H19NO.C9H15NO.2C2H6/c1-8-6-5-7-11(8)9(12)10(2,3)4;1-7-3-2-6-10(7)9(11)8-4-5-8;2*1-2/h8H,5-7H2,1-4H3;7-8H,2-6H2,1H3;2*1-2H3. The molecule has 4 nitrogen and oxygen atoms in total. The van der Waals surface area contributed by atoms with Gasteiger partial charge in [-0.15, -0.1) is 0 Å². The van der Waals surface area contributed by atoms with Gasteiger partial charge in [0.05, 0.1) is 0 Å². The minimum atomic E-state index is -0.210. The zero-order chi connectivity index (χ0) is 21.2. The molecule has 2 heterocycles. The van der Waals surface area contributed by atoms with Crippen LogP contribution in [-0.4, -0.2) is 46.8 Å². The van der Waals surface area contributed by atoms with Crippen molar-refractivity contribution in [3.8, 4) is 0 Å². The normalized spacial score (nSPS) is 24.0. The maximum absolute atomic E-state index is 11.8. The molecule has 2 amide bonds. The van der Waals surface area contributed by atoms with Crippen molar-refractivity contribution in [3.63, 3.8) is 0 Å². The Balaban J connectivity index is 0.000000424. The predicted molar refractivity (Wildman–Crippen MR) is 116 cm³/mol. The van der Waals surface area contributed by atoms with Crippen molar-refractivity contribution in [3.05, 3.63) is 0 Å². The van der Waals surface area contributed by atoms with Crippen LogP contribution in [0.1, 0.15) is 101 Å². The third-order valence-corrected chi connectivity index (χ3v) is 5.22. The van der Waals surface area contributed by atoms with Gasteiger partial charge < -0.3 is 9.80 Å². The highest BCUT2D eigenvalue weighted by molar-refractivity contribution is 5.82. The van der Waals surface area contributed by atoms with Gasteiger partial charge in [-0.25, -0.2) is 0 Å². The second-order valence-electron chi connectivity index (χ2n) is 8.54. The molecule has 3 rings (SSSR count). The van der Waals surface area contributed by atoms with E-state index in [1.54, 1.807) is 0 Å². The number of carbonyl (C=O) groups is 2. The molecule has 3 fully saturated rings. The summed E-state index contributed by atoms with van der Waals surface area (Å²) in [6.45, 7) is 20.2. The number of hydrogen-bond acceptors (Lipinski definition) is 2. The van der Waals surface area contributed by atoms with Crippen LogP contribution in [0.2, 0.25) is 0 Å². The molecular weight excluding hydrogens is 336 g/mol. The van der Waals surface area contributed by atoms with Gasteiger partial charge in [-0.3, -0.25) is 9.59 Å². The summed E-state index contributed by atoms with van der Waals surface area (Å²) in [4.78, 5) is 27.4. The van der Waals surface area contributed by atoms with Crippen LogP contribution in [0.4, 0.5) is 0 Å². The third-order valence-electron chi connectivity index (χ3n) is 5.22. The van der Waals surface area contributed by atoms with E-state index in [1.165, 1.54) is 25.7 Å². The zero-order valence-electron chi connectivity index (χ0n) is 19.6. The first-order chi connectivity index (χ1) is 12.7. The summed E-state index contributed by atoms with van der Waals surface area (Å²) in [5, 5.41) is 0. The lowest BCUT2D eigenvalue weighted by atomic mass is 9.94. The average molecular weight is 383 g/mol. The maximum atomic E-state index is 11.8. The molecule has 0 spiro atoms. The van der Waals surface area contributed by atoms with Gasteiger partial charge in [-0.2, -0.15) is 0 Å². The van der Waals surface area contributed by atoms with Gasteiger partial charge in [0, 0.05) is 36.5 Å². The zero-order valence-corrected chi connectivity index (χ0v) is 19.6. The van der Waals surface area contributed by atoms with Crippen LogP contribution in [0.5, 0.6) is 0 Å². The van der Waals surface area contributed by atoms with Crippen molar-refractivity contribution in [2.45, 2.75) is 113 Å². The SMILES string of the molecule is CC.CC.CC1CCCN1C(=O)C(C)(C)C.CC1CCCN1C(=O)C1CC1. The molecule has 3 aliphatic rings. The summed E-state index contributed by atoms with van der Waals surface area (Å²) >= 11 is 0. The largest absolute Gasteiger partial charge is 0.340 e. The highest BCUT2D eigenvalue weighted by Crippen LogP contribution is 2.33. The Morgan fingerprint density at radius 2 is 1.15 bits per heavy atom. The Kier molecular flexibility index (Phi) is 11.9. The molecule has 2 aliphatic heterocycles. The van der Waals surface area contributed by atoms with E-state index in [0.717, 1.165) is 25.9 Å². The minimum absolute atomic E-state index is 0.210. The topological polar surface area (TPSA) is 40.6 Å².